The lowest BCUT2D eigenvalue weighted by Crippen LogP contribution is -2.56. The van der Waals surface area contributed by atoms with E-state index in [0.29, 0.717) is 12.8 Å². The molecule has 1 rings (SSSR count). The van der Waals surface area contributed by atoms with Crippen molar-refractivity contribution in [1.82, 2.24) is 5.32 Å². The molecule has 1 aliphatic rings. The predicted octanol–water partition coefficient (Wildman–Crippen LogP) is 0.977. The number of carbonyl (C=O) groups is 1. The van der Waals surface area contributed by atoms with Crippen LogP contribution in [0.5, 0.6) is 0 Å². The Hall–Kier alpha value is -1.30. The SMILES string of the molecule is CCC(C)(NC(=O)CC1(OC)CCC1)C(N)=NO. The molecular weight excluding hydrogens is 234 g/mol. The number of oxime groups is 1. The first-order valence-electron chi connectivity index (χ1n) is 6.25. The average molecular weight is 257 g/mol. The molecule has 0 aliphatic heterocycles. The molecule has 104 valence electrons. The van der Waals surface area contributed by atoms with E-state index in [1.807, 2.05) is 6.92 Å². The minimum atomic E-state index is -0.815. The fourth-order valence-corrected chi connectivity index (χ4v) is 2.11. The quantitative estimate of drug-likeness (QED) is 0.286. The zero-order chi connectivity index (χ0) is 13.8. The van der Waals surface area contributed by atoms with E-state index in [2.05, 4.69) is 10.5 Å². The summed E-state index contributed by atoms with van der Waals surface area (Å²) >= 11 is 0. The molecule has 4 N–H and O–H groups in total. The van der Waals surface area contributed by atoms with Crippen LogP contribution in [-0.2, 0) is 9.53 Å². The number of hydrogen-bond acceptors (Lipinski definition) is 4. The summed E-state index contributed by atoms with van der Waals surface area (Å²) in [5.74, 6) is -0.120. The van der Waals surface area contributed by atoms with Gasteiger partial charge < -0.3 is 21.0 Å². The van der Waals surface area contributed by atoms with Crippen molar-refractivity contribution in [2.75, 3.05) is 7.11 Å². The highest BCUT2D eigenvalue weighted by molar-refractivity contribution is 5.93. The van der Waals surface area contributed by atoms with Crippen molar-refractivity contribution in [2.45, 2.75) is 57.1 Å². The van der Waals surface area contributed by atoms with E-state index in [-0.39, 0.29) is 17.3 Å². The van der Waals surface area contributed by atoms with Crippen LogP contribution < -0.4 is 11.1 Å². The maximum absolute atomic E-state index is 12.0. The molecule has 1 fully saturated rings. The number of nitrogens with two attached hydrogens (primary N) is 1. The van der Waals surface area contributed by atoms with Crippen molar-refractivity contribution in [1.29, 1.82) is 0 Å². The standard InChI is InChI=1S/C12H23N3O3/c1-4-11(2,10(13)15-17)14-9(16)8-12(18-3)6-5-7-12/h17H,4-8H2,1-3H3,(H2,13,15)(H,14,16). The zero-order valence-corrected chi connectivity index (χ0v) is 11.3. The van der Waals surface area contributed by atoms with Gasteiger partial charge >= 0.3 is 0 Å². The largest absolute Gasteiger partial charge is 0.409 e. The van der Waals surface area contributed by atoms with E-state index < -0.39 is 5.54 Å². The van der Waals surface area contributed by atoms with Gasteiger partial charge in [-0.25, -0.2) is 0 Å². The summed E-state index contributed by atoms with van der Waals surface area (Å²) in [5.41, 5.74) is 4.48. The summed E-state index contributed by atoms with van der Waals surface area (Å²) in [6.45, 7) is 3.61. The maximum atomic E-state index is 12.0. The second kappa shape index (κ2) is 5.56. The van der Waals surface area contributed by atoms with Crippen LogP contribution in [0.25, 0.3) is 0 Å². The van der Waals surface area contributed by atoms with Crippen LogP contribution in [0.4, 0.5) is 0 Å². The molecule has 0 aromatic heterocycles. The first-order valence-corrected chi connectivity index (χ1v) is 6.25. The van der Waals surface area contributed by atoms with Gasteiger partial charge in [0.15, 0.2) is 5.84 Å². The number of carbonyl (C=O) groups excluding carboxylic acids is 1. The summed E-state index contributed by atoms with van der Waals surface area (Å²) in [7, 11) is 1.63. The Labute approximate surface area is 108 Å². The van der Waals surface area contributed by atoms with Crippen molar-refractivity contribution >= 4 is 11.7 Å². The van der Waals surface area contributed by atoms with Crippen LogP contribution in [0, 0.1) is 0 Å². The van der Waals surface area contributed by atoms with Gasteiger partial charge in [-0.15, -0.1) is 0 Å². The van der Waals surface area contributed by atoms with E-state index in [9.17, 15) is 4.79 Å². The Morgan fingerprint density at radius 1 is 1.61 bits per heavy atom. The third-order valence-corrected chi connectivity index (χ3v) is 3.98. The van der Waals surface area contributed by atoms with Gasteiger partial charge in [-0.1, -0.05) is 12.1 Å². The molecule has 1 saturated carbocycles. The van der Waals surface area contributed by atoms with Gasteiger partial charge in [-0.3, -0.25) is 4.79 Å². The Morgan fingerprint density at radius 2 is 2.22 bits per heavy atom. The fraction of sp³-hybridized carbons (Fsp3) is 0.833. The highest BCUT2D eigenvalue weighted by Crippen LogP contribution is 2.38. The van der Waals surface area contributed by atoms with Crippen molar-refractivity contribution in [2.24, 2.45) is 10.9 Å². The molecule has 6 heteroatoms. The van der Waals surface area contributed by atoms with E-state index in [1.54, 1.807) is 14.0 Å². The van der Waals surface area contributed by atoms with Gasteiger partial charge in [0.2, 0.25) is 5.91 Å². The van der Waals surface area contributed by atoms with Gasteiger partial charge in [0.25, 0.3) is 0 Å². The lowest BCUT2D eigenvalue weighted by molar-refractivity contribution is -0.135. The number of nitrogens with one attached hydrogen (secondary N) is 1. The first-order chi connectivity index (χ1) is 8.41. The Balaban J connectivity index is 2.63. The molecule has 0 radical (unpaired) electrons. The molecule has 1 amide bonds. The van der Waals surface area contributed by atoms with Crippen molar-refractivity contribution in [3.63, 3.8) is 0 Å². The van der Waals surface area contributed by atoms with Crippen LogP contribution >= 0.6 is 0 Å². The molecule has 0 spiro atoms. The molecule has 18 heavy (non-hydrogen) atoms. The fourth-order valence-electron chi connectivity index (χ4n) is 2.11. The number of hydrogen-bond donors (Lipinski definition) is 3. The number of methoxy groups -OCH3 is 1. The molecule has 6 nitrogen and oxygen atoms in total. The average Bonchev–Trinajstić information content (AvgIpc) is 2.32. The highest BCUT2D eigenvalue weighted by Gasteiger charge is 2.40. The van der Waals surface area contributed by atoms with Crippen LogP contribution in [0.2, 0.25) is 0 Å². The number of amides is 1. The van der Waals surface area contributed by atoms with Gasteiger partial charge in [-0.05, 0) is 32.6 Å². The van der Waals surface area contributed by atoms with Crippen LogP contribution in [0.15, 0.2) is 5.16 Å². The minimum Gasteiger partial charge on any atom is -0.409 e. The summed E-state index contributed by atoms with van der Waals surface area (Å²) in [4.78, 5) is 12.0. The summed E-state index contributed by atoms with van der Waals surface area (Å²) in [6, 6.07) is 0. The second-order valence-corrected chi connectivity index (χ2v) is 5.14. The smallest absolute Gasteiger partial charge is 0.223 e. The van der Waals surface area contributed by atoms with Crippen LogP contribution in [0.3, 0.4) is 0 Å². The molecule has 0 aromatic rings. The van der Waals surface area contributed by atoms with Crippen molar-refractivity contribution < 1.29 is 14.7 Å². The predicted molar refractivity (Wildman–Crippen MR) is 68.5 cm³/mol. The van der Waals surface area contributed by atoms with Crippen molar-refractivity contribution in [3.05, 3.63) is 0 Å². The van der Waals surface area contributed by atoms with E-state index >= 15 is 0 Å². The molecule has 0 saturated heterocycles. The van der Waals surface area contributed by atoms with Gasteiger partial charge in [0.05, 0.1) is 17.6 Å². The Morgan fingerprint density at radius 3 is 2.56 bits per heavy atom. The lowest BCUT2D eigenvalue weighted by atomic mass is 9.77. The normalized spacial score (nSPS) is 21.8. The number of ether oxygens (including phenoxy) is 1. The Bertz CT molecular complexity index is 334. The zero-order valence-electron chi connectivity index (χ0n) is 11.3. The van der Waals surface area contributed by atoms with Gasteiger partial charge in [-0.2, -0.15) is 0 Å². The third kappa shape index (κ3) is 2.93. The maximum Gasteiger partial charge on any atom is 0.223 e. The number of nitrogens with zero attached hydrogens (tertiary/aromatic N) is 1. The van der Waals surface area contributed by atoms with E-state index in [0.717, 1.165) is 19.3 Å². The van der Waals surface area contributed by atoms with Crippen molar-refractivity contribution in [3.8, 4) is 0 Å². The van der Waals surface area contributed by atoms with Gasteiger partial charge in [0, 0.05) is 7.11 Å². The van der Waals surface area contributed by atoms with Crippen LogP contribution in [0.1, 0.15) is 46.0 Å². The van der Waals surface area contributed by atoms with Crippen LogP contribution in [-0.4, -0.2) is 35.2 Å². The van der Waals surface area contributed by atoms with E-state index in [4.69, 9.17) is 15.7 Å². The topological polar surface area (TPSA) is 96.9 Å². The minimum absolute atomic E-state index is 0.0124. The molecule has 0 aromatic carbocycles. The highest BCUT2D eigenvalue weighted by atomic mass is 16.5. The number of amidine groups is 1. The van der Waals surface area contributed by atoms with E-state index in [1.165, 1.54) is 0 Å². The molecular formula is C12H23N3O3. The summed E-state index contributed by atoms with van der Waals surface area (Å²) in [6.07, 6.45) is 3.77. The monoisotopic (exact) mass is 257 g/mol. The first kappa shape index (κ1) is 14.8. The third-order valence-electron chi connectivity index (χ3n) is 3.98. The summed E-state index contributed by atoms with van der Waals surface area (Å²) in [5, 5.41) is 14.5. The molecule has 1 aliphatic carbocycles. The molecule has 0 bridgehead atoms. The molecule has 1 unspecified atom stereocenters. The molecule has 1 atom stereocenters. The lowest BCUT2D eigenvalue weighted by Gasteiger charge is -2.40. The second-order valence-electron chi connectivity index (χ2n) is 5.14. The Kier molecular flexibility index (Phi) is 4.56. The summed E-state index contributed by atoms with van der Waals surface area (Å²) < 4.78 is 5.41. The molecule has 0 heterocycles. The number of rotatable bonds is 6. The van der Waals surface area contributed by atoms with Gasteiger partial charge in [0.1, 0.15) is 0 Å².